The Bertz CT molecular complexity index is 569. The van der Waals surface area contributed by atoms with Crippen molar-refractivity contribution in [1.29, 1.82) is 0 Å². The Morgan fingerprint density at radius 1 is 1.35 bits per heavy atom. The Kier molecular flexibility index (Phi) is 4.57. The SMILES string of the molecule is Cc1cccc(N2CCN(C(=O)CC3(O)CCCC3)[C@H](C)C2)n1. The van der Waals surface area contributed by atoms with E-state index >= 15 is 0 Å². The fourth-order valence-corrected chi connectivity index (χ4v) is 3.83. The highest BCUT2D eigenvalue weighted by Crippen LogP contribution is 2.33. The number of nitrogens with zero attached hydrogens (tertiary/aromatic N) is 3. The highest BCUT2D eigenvalue weighted by atomic mass is 16.3. The zero-order valence-corrected chi connectivity index (χ0v) is 14.2. The van der Waals surface area contributed by atoms with Crippen LogP contribution in [0.1, 0.15) is 44.7 Å². The molecule has 1 saturated carbocycles. The number of carbonyl (C=O) groups is 1. The molecule has 0 radical (unpaired) electrons. The standard InChI is InChI=1S/C18H27N3O2/c1-14-6-5-7-16(19-14)20-10-11-21(15(2)13-20)17(22)12-18(23)8-3-4-9-18/h5-7,15,23H,3-4,8-13H2,1-2H3/t15-/m1/s1. The lowest BCUT2D eigenvalue weighted by atomic mass is 9.96. The lowest BCUT2D eigenvalue weighted by Crippen LogP contribution is -2.55. The summed E-state index contributed by atoms with van der Waals surface area (Å²) in [5.74, 6) is 1.08. The van der Waals surface area contributed by atoms with Gasteiger partial charge in [0.2, 0.25) is 5.91 Å². The van der Waals surface area contributed by atoms with E-state index in [0.29, 0.717) is 6.54 Å². The summed E-state index contributed by atoms with van der Waals surface area (Å²) in [5, 5.41) is 10.5. The normalized spacial score (nSPS) is 24.0. The van der Waals surface area contributed by atoms with Crippen molar-refractivity contribution in [3.63, 3.8) is 0 Å². The molecule has 126 valence electrons. The largest absolute Gasteiger partial charge is 0.389 e. The Labute approximate surface area is 138 Å². The minimum absolute atomic E-state index is 0.0961. The van der Waals surface area contributed by atoms with Crippen LogP contribution in [0.15, 0.2) is 18.2 Å². The summed E-state index contributed by atoms with van der Waals surface area (Å²) >= 11 is 0. The first-order valence-corrected chi connectivity index (χ1v) is 8.67. The molecule has 0 bridgehead atoms. The average Bonchev–Trinajstić information content (AvgIpc) is 2.93. The highest BCUT2D eigenvalue weighted by molar-refractivity contribution is 5.78. The summed E-state index contributed by atoms with van der Waals surface area (Å²) in [4.78, 5) is 21.4. The van der Waals surface area contributed by atoms with E-state index in [1.54, 1.807) is 0 Å². The van der Waals surface area contributed by atoms with Crippen LogP contribution in [0.4, 0.5) is 5.82 Å². The predicted molar refractivity (Wildman–Crippen MR) is 90.4 cm³/mol. The van der Waals surface area contributed by atoms with Crippen LogP contribution in [0.5, 0.6) is 0 Å². The minimum atomic E-state index is -0.758. The molecule has 2 aliphatic rings. The molecule has 2 heterocycles. The molecule has 0 spiro atoms. The molecular formula is C18H27N3O2. The van der Waals surface area contributed by atoms with Crippen molar-refractivity contribution in [2.45, 2.75) is 57.6 Å². The molecule has 1 aromatic heterocycles. The van der Waals surface area contributed by atoms with Gasteiger partial charge < -0.3 is 14.9 Å². The van der Waals surface area contributed by atoms with E-state index in [2.05, 4.69) is 16.8 Å². The van der Waals surface area contributed by atoms with Gasteiger partial charge in [-0.25, -0.2) is 4.98 Å². The molecule has 1 aromatic rings. The summed E-state index contributed by atoms with van der Waals surface area (Å²) in [6.45, 7) is 6.37. The maximum absolute atomic E-state index is 12.6. The van der Waals surface area contributed by atoms with E-state index in [1.165, 1.54) is 0 Å². The summed E-state index contributed by atoms with van der Waals surface area (Å²) < 4.78 is 0. The zero-order valence-electron chi connectivity index (χ0n) is 14.2. The number of aromatic nitrogens is 1. The minimum Gasteiger partial charge on any atom is -0.389 e. The summed E-state index contributed by atoms with van der Waals surface area (Å²) in [5.41, 5.74) is 0.253. The summed E-state index contributed by atoms with van der Waals surface area (Å²) in [6, 6.07) is 6.19. The number of pyridine rings is 1. The van der Waals surface area contributed by atoms with Gasteiger partial charge in [-0.1, -0.05) is 18.9 Å². The number of piperazine rings is 1. The molecular weight excluding hydrogens is 290 g/mol. The van der Waals surface area contributed by atoms with Gasteiger partial charge in [0.1, 0.15) is 5.82 Å². The van der Waals surface area contributed by atoms with Crippen LogP contribution in [0.2, 0.25) is 0 Å². The van der Waals surface area contributed by atoms with Crippen molar-refractivity contribution in [3.8, 4) is 0 Å². The quantitative estimate of drug-likeness (QED) is 0.928. The van der Waals surface area contributed by atoms with Gasteiger partial charge in [0, 0.05) is 31.4 Å². The van der Waals surface area contributed by atoms with Crippen molar-refractivity contribution in [3.05, 3.63) is 23.9 Å². The predicted octanol–water partition coefficient (Wildman–Crippen LogP) is 2.12. The Morgan fingerprint density at radius 3 is 2.74 bits per heavy atom. The first kappa shape index (κ1) is 16.2. The van der Waals surface area contributed by atoms with E-state index in [9.17, 15) is 9.90 Å². The van der Waals surface area contributed by atoms with Gasteiger partial charge in [-0.05, 0) is 38.8 Å². The van der Waals surface area contributed by atoms with Crippen molar-refractivity contribution >= 4 is 11.7 Å². The second-order valence-corrected chi connectivity index (χ2v) is 7.13. The van der Waals surface area contributed by atoms with Crippen LogP contribution in [0, 0.1) is 6.92 Å². The lowest BCUT2D eigenvalue weighted by Gasteiger charge is -2.41. The van der Waals surface area contributed by atoms with Crippen molar-refractivity contribution in [2.24, 2.45) is 0 Å². The van der Waals surface area contributed by atoms with E-state index in [1.807, 2.05) is 30.0 Å². The van der Waals surface area contributed by atoms with Crippen LogP contribution in [-0.2, 0) is 4.79 Å². The fourth-order valence-electron chi connectivity index (χ4n) is 3.83. The molecule has 1 N–H and O–H groups in total. The van der Waals surface area contributed by atoms with Crippen molar-refractivity contribution < 1.29 is 9.90 Å². The molecule has 0 unspecified atom stereocenters. The molecule has 1 amide bonds. The van der Waals surface area contributed by atoms with Crippen LogP contribution in [0.25, 0.3) is 0 Å². The van der Waals surface area contributed by atoms with Crippen LogP contribution in [-0.4, -0.2) is 52.2 Å². The third kappa shape index (κ3) is 3.66. The number of hydrogen-bond acceptors (Lipinski definition) is 4. The Morgan fingerprint density at radius 2 is 2.09 bits per heavy atom. The number of rotatable bonds is 3. The van der Waals surface area contributed by atoms with Crippen LogP contribution in [0.3, 0.4) is 0 Å². The van der Waals surface area contributed by atoms with Crippen molar-refractivity contribution in [1.82, 2.24) is 9.88 Å². The monoisotopic (exact) mass is 317 g/mol. The fraction of sp³-hybridized carbons (Fsp3) is 0.667. The number of hydrogen-bond donors (Lipinski definition) is 1. The topological polar surface area (TPSA) is 56.7 Å². The molecule has 23 heavy (non-hydrogen) atoms. The summed E-state index contributed by atoms with van der Waals surface area (Å²) in [6.07, 6.45) is 3.87. The number of carbonyl (C=O) groups excluding carboxylic acids is 1. The molecule has 2 fully saturated rings. The second-order valence-electron chi connectivity index (χ2n) is 7.13. The molecule has 1 aliphatic heterocycles. The maximum Gasteiger partial charge on any atom is 0.225 e. The van der Waals surface area contributed by atoms with Gasteiger partial charge in [-0.3, -0.25) is 4.79 Å². The van der Waals surface area contributed by atoms with Gasteiger partial charge in [-0.2, -0.15) is 0 Å². The zero-order chi connectivity index (χ0) is 16.4. The van der Waals surface area contributed by atoms with Crippen LogP contribution < -0.4 is 4.90 Å². The third-order valence-corrected chi connectivity index (χ3v) is 5.16. The lowest BCUT2D eigenvalue weighted by molar-refractivity contribution is -0.138. The molecule has 5 heteroatoms. The van der Waals surface area contributed by atoms with E-state index in [0.717, 1.165) is 50.3 Å². The first-order valence-electron chi connectivity index (χ1n) is 8.67. The van der Waals surface area contributed by atoms with Crippen molar-refractivity contribution in [2.75, 3.05) is 24.5 Å². The Balaban J connectivity index is 1.61. The molecule has 0 aromatic carbocycles. The first-order chi connectivity index (χ1) is 11.0. The summed E-state index contributed by atoms with van der Waals surface area (Å²) in [7, 11) is 0. The molecule has 1 aliphatic carbocycles. The molecule has 5 nitrogen and oxygen atoms in total. The number of aryl methyl sites for hydroxylation is 1. The van der Waals surface area contributed by atoms with Crippen LogP contribution >= 0.6 is 0 Å². The third-order valence-electron chi connectivity index (χ3n) is 5.16. The van der Waals surface area contributed by atoms with Gasteiger partial charge in [0.25, 0.3) is 0 Å². The Hall–Kier alpha value is -1.62. The smallest absolute Gasteiger partial charge is 0.225 e. The van der Waals surface area contributed by atoms with E-state index in [4.69, 9.17) is 0 Å². The van der Waals surface area contributed by atoms with Gasteiger partial charge >= 0.3 is 0 Å². The average molecular weight is 317 g/mol. The number of anilines is 1. The van der Waals surface area contributed by atoms with E-state index < -0.39 is 5.60 Å². The second kappa shape index (κ2) is 6.48. The van der Waals surface area contributed by atoms with E-state index in [-0.39, 0.29) is 18.4 Å². The van der Waals surface area contributed by atoms with Gasteiger partial charge in [0.05, 0.1) is 12.0 Å². The van der Waals surface area contributed by atoms with Gasteiger partial charge in [0.15, 0.2) is 0 Å². The molecule has 1 saturated heterocycles. The molecule has 1 atom stereocenters. The number of amides is 1. The highest BCUT2D eigenvalue weighted by Gasteiger charge is 2.37. The maximum atomic E-state index is 12.6. The van der Waals surface area contributed by atoms with Gasteiger partial charge in [-0.15, -0.1) is 0 Å². The number of aliphatic hydroxyl groups is 1. The molecule has 3 rings (SSSR count).